The zero-order valence-corrected chi connectivity index (χ0v) is 16.7. The first-order chi connectivity index (χ1) is 12.9. The van der Waals surface area contributed by atoms with Crippen LogP contribution in [-0.4, -0.2) is 9.97 Å². The van der Waals surface area contributed by atoms with Crippen LogP contribution < -0.4 is 0 Å². The molecule has 0 aliphatic rings. The Labute approximate surface area is 160 Å². The largest absolute Gasteiger partial charge is 0.456 e. The molecule has 0 aliphatic carbocycles. The predicted molar refractivity (Wildman–Crippen MR) is 111 cm³/mol. The topological polar surface area (TPSA) is 38.9 Å². The van der Waals surface area contributed by atoms with Gasteiger partial charge in [0.25, 0.3) is 0 Å². The standard InChI is InChI=1S/C24H26N2O/c1-14(2)17-9-10-21-20(13-17)23-18(7-6-8-22(23)27-21)12-19-11-16(5)25-24(26-19)15(3)4/h6-11,13-15H,12H2,1-5H3. The van der Waals surface area contributed by atoms with Gasteiger partial charge in [-0.15, -0.1) is 0 Å². The molecule has 0 radical (unpaired) electrons. The summed E-state index contributed by atoms with van der Waals surface area (Å²) >= 11 is 0. The van der Waals surface area contributed by atoms with E-state index in [4.69, 9.17) is 9.40 Å². The number of hydrogen-bond donors (Lipinski definition) is 0. The van der Waals surface area contributed by atoms with Gasteiger partial charge in [-0.3, -0.25) is 0 Å². The molecular weight excluding hydrogens is 332 g/mol. The van der Waals surface area contributed by atoms with Crippen LogP contribution in [0.1, 0.15) is 67.9 Å². The second kappa shape index (κ2) is 6.80. The van der Waals surface area contributed by atoms with Crippen LogP contribution in [0.2, 0.25) is 0 Å². The number of aromatic nitrogens is 2. The van der Waals surface area contributed by atoms with Gasteiger partial charge in [0.05, 0.1) is 0 Å². The van der Waals surface area contributed by atoms with Gasteiger partial charge in [-0.1, -0.05) is 45.9 Å². The molecule has 3 heteroatoms. The highest BCUT2D eigenvalue weighted by Crippen LogP contribution is 2.34. The number of nitrogens with zero attached hydrogens (tertiary/aromatic N) is 2. The lowest BCUT2D eigenvalue weighted by atomic mass is 9.97. The molecule has 0 N–H and O–H groups in total. The van der Waals surface area contributed by atoms with Crippen LogP contribution in [-0.2, 0) is 6.42 Å². The van der Waals surface area contributed by atoms with Gasteiger partial charge in [0.2, 0.25) is 0 Å². The molecule has 4 rings (SSSR count). The van der Waals surface area contributed by atoms with Crippen LogP contribution in [0, 0.1) is 6.92 Å². The maximum Gasteiger partial charge on any atom is 0.135 e. The SMILES string of the molecule is Cc1cc(Cc2cccc3oc4ccc(C(C)C)cc4c23)nc(C(C)C)n1. The zero-order chi connectivity index (χ0) is 19.1. The Morgan fingerprint density at radius 1 is 0.889 bits per heavy atom. The van der Waals surface area contributed by atoms with Crippen molar-refractivity contribution in [2.75, 3.05) is 0 Å². The summed E-state index contributed by atoms with van der Waals surface area (Å²) in [4.78, 5) is 9.38. The summed E-state index contributed by atoms with van der Waals surface area (Å²) in [6, 6.07) is 14.9. The van der Waals surface area contributed by atoms with Crippen molar-refractivity contribution in [2.24, 2.45) is 0 Å². The minimum Gasteiger partial charge on any atom is -0.456 e. The highest BCUT2D eigenvalue weighted by molar-refractivity contribution is 6.07. The maximum absolute atomic E-state index is 6.12. The summed E-state index contributed by atoms with van der Waals surface area (Å²) in [6.45, 7) is 10.8. The van der Waals surface area contributed by atoms with Gasteiger partial charge in [-0.2, -0.15) is 0 Å². The fraction of sp³-hybridized carbons (Fsp3) is 0.333. The van der Waals surface area contributed by atoms with Crippen LogP contribution in [0.5, 0.6) is 0 Å². The minimum atomic E-state index is 0.322. The van der Waals surface area contributed by atoms with Crippen molar-refractivity contribution in [3.05, 3.63) is 70.8 Å². The number of hydrogen-bond acceptors (Lipinski definition) is 3. The smallest absolute Gasteiger partial charge is 0.135 e. The Morgan fingerprint density at radius 3 is 2.44 bits per heavy atom. The summed E-state index contributed by atoms with van der Waals surface area (Å²) in [5, 5.41) is 2.40. The van der Waals surface area contributed by atoms with E-state index in [1.165, 1.54) is 21.9 Å². The van der Waals surface area contributed by atoms with Crippen molar-refractivity contribution in [2.45, 2.75) is 52.9 Å². The highest BCUT2D eigenvalue weighted by Gasteiger charge is 2.14. The van der Waals surface area contributed by atoms with Crippen LogP contribution in [0.15, 0.2) is 46.9 Å². The number of furan rings is 1. The minimum absolute atomic E-state index is 0.322. The predicted octanol–water partition coefficient (Wildman–Crippen LogP) is 6.52. The molecule has 0 saturated heterocycles. The Kier molecular flexibility index (Phi) is 4.47. The average Bonchev–Trinajstić information content (AvgIpc) is 2.99. The molecule has 2 aromatic carbocycles. The van der Waals surface area contributed by atoms with E-state index in [1.807, 2.05) is 6.92 Å². The van der Waals surface area contributed by atoms with Gasteiger partial charge >= 0.3 is 0 Å². The number of benzene rings is 2. The number of fused-ring (bicyclic) bond motifs is 3. The quantitative estimate of drug-likeness (QED) is 0.417. The van der Waals surface area contributed by atoms with E-state index < -0.39 is 0 Å². The van der Waals surface area contributed by atoms with E-state index >= 15 is 0 Å². The Hall–Kier alpha value is -2.68. The molecule has 138 valence electrons. The third kappa shape index (κ3) is 3.34. The van der Waals surface area contributed by atoms with Crippen LogP contribution in [0.25, 0.3) is 21.9 Å². The molecule has 0 atom stereocenters. The second-order valence-electron chi connectivity index (χ2n) is 7.99. The van der Waals surface area contributed by atoms with E-state index in [9.17, 15) is 0 Å². The average molecular weight is 358 g/mol. The first-order valence-electron chi connectivity index (χ1n) is 9.71. The Bertz CT molecular complexity index is 1120. The third-order valence-electron chi connectivity index (χ3n) is 5.08. The van der Waals surface area contributed by atoms with Crippen LogP contribution in [0.3, 0.4) is 0 Å². The molecule has 27 heavy (non-hydrogen) atoms. The van der Waals surface area contributed by atoms with Crippen molar-refractivity contribution in [1.82, 2.24) is 9.97 Å². The molecule has 0 saturated carbocycles. The molecule has 3 nitrogen and oxygen atoms in total. The first kappa shape index (κ1) is 17.7. The molecule has 4 aromatic rings. The van der Waals surface area contributed by atoms with E-state index in [0.29, 0.717) is 11.8 Å². The normalized spacial score (nSPS) is 12.0. The van der Waals surface area contributed by atoms with E-state index in [0.717, 1.165) is 34.8 Å². The number of rotatable bonds is 4. The van der Waals surface area contributed by atoms with E-state index in [1.54, 1.807) is 0 Å². The van der Waals surface area contributed by atoms with Gasteiger partial charge in [0.1, 0.15) is 17.0 Å². The highest BCUT2D eigenvalue weighted by atomic mass is 16.3. The van der Waals surface area contributed by atoms with Gasteiger partial charge in [0, 0.05) is 34.5 Å². The third-order valence-corrected chi connectivity index (χ3v) is 5.08. The lowest BCUT2D eigenvalue weighted by molar-refractivity contribution is 0.668. The van der Waals surface area contributed by atoms with E-state index in [-0.39, 0.29) is 0 Å². The number of aryl methyl sites for hydroxylation is 1. The fourth-order valence-electron chi connectivity index (χ4n) is 3.63. The zero-order valence-electron chi connectivity index (χ0n) is 16.7. The van der Waals surface area contributed by atoms with Crippen molar-refractivity contribution >= 4 is 21.9 Å². The van der Waals surface area contributed by atoms with Crippen molar-refractivity contribution in [1.29, 1.82) is 0 Å². The van der Waals surface area contributed by atoms with Gasteiger partial charge in [-0.25, -0.2) is 9.97 Å². The molecule has 0 amide bonds. The molecule has 0 fully saturated rings. The lowest BCUT2D eigenvalue weighted by Crippen LogP contribution is -2.04. The van der Waals surface area contributed by atoms with Gasteiger partial charge in [0.15, 0.2) is 0 Å². The fourth-order valence-corrected chi connectivity index (χ4v) is 3.63. The summed E-state index contributed by atoms with van der Waals surface area (Å²) in [5.41, 5.74) is 6.56. The van der Waals surface area contributed by atoms with Crippen molar-refractivity contribution in [3.8, 4) is 0 Å². The summed E-state index contributed by atoms with van der Waals surface area (Å²) in [7, 11) is 0. The molecule has 2 aromatic heterocycles. The van der Waals surface area contributed by atoms with Crippen molar-refractivity contribution < 1.29 is 4.42 Å². The van der Waals surface area contributed by atoms with Crippen LogP contribution in [0.4, 0.5) is 0 Å². The molecule has 0 spiro atoms. The molecule has 0 aliphatic heterocycles. The van der Waals surface area contributed by atoms with Crippen LogP contribution >= 0.6 is 0 Å². The Morgan fingerprint density at radius 2 is 1.70 bits per heavy atom. The second-order valence-corrected chi connectivity index (χ2v) is 7.99. The molecule has 0 bridgehead atoms. The molecular formula is C24H26N2O. The summed E-state index contributed by atoms with van der Waals surface area (Å²) in [6.07, 6.45) is 0.779. The first-order valence-corrected chi connectivity index (χ1v) is 9.71. The lowest BCUT2D eigenvalue weighted by Gasteiger charge is -2.09. The molecule has 0 unspecified atom stereocenters. The summed E-state index contributed by atoms with van der Waals surface area (Å²) < 4.78 is 6.12. The van der Waals surface area contributed by atoms with Gasteiger partial charge < -0.3 is 4.42 Å². The van der Waals surface area contributed by atoms with Crippen molar-refractivity contribution in [3.63, 3.8) is 0 Å². The summed E-state index contributed by atoms with van der Waals surface area (Å²) in [5.74, 6) is 1.73. The maximum atomic E-state index is 6.12. The van der Waals surface area contributed by atoms with Gasteiger partial charge in [-0.05, 0) is 48.2 Å². The Balaban J connectivity index is 1.87. The van der Waals surface area contributed by atoms with E-state index in [2.05, 4.69) is 75.1 Å². The monoisotopic (exact) mass is 358 g/mol. The molecule has 2 heterocycles.